The predicted molar refractivity (Wildman–Crippen MR) is 74.4 cm³/mol. The Labute approximate surface area is 119 Å². The average molecular weight is 286 g/mol. The molecule has 0 fully saturated rings. The van der Waals surface area contributed by atoms with Crippen molar-refractivity contribution in [3.05, 3.63) is 35.6 Å². The van der Waals surface area contributed by atoms with Crippen LogP contribution in [0.15, 0.2) is 24.3 Å². The van der Waals surface area contributed by atoms with Crippen LogP contribution in [0.25, 0.3) is 0 Å². The summed E-state index contributed by atoms with van der Waals surface area (Å²) in [5, 5.41) is 9.34. The topological polar surface area (TPSA) is 47.9 Å². The van der Waals surface area contributed by atoms with Crippen LogP contribution in [0.4, 0.5) is 4.39 Å². The minimum atomic E-state index is -0.283. The van der Waals surface area contributed by atoms with Gasteiger partial charge in [-0.2, -0.15) is 0 Å². The molecule has 0 amide bonds. The van der Waals surface area contributed by atoms with E-state index in [-0.39, 0.29) is 18.3 Å². The first-order chi connectivity index (χ1) is 9.79. The SMILES string of the molecule is COCCOCCOCCC(CO)c1ccccc1F. The Bertz CT molecular complexity index is 359. The van der Waals surface area contributed by atoms with Crippen molar-refractivity contribution in [2.45, 2.75) is 12.3 Å². The molecule has 1 atom stereocenters. The first-order valence-electron chi connectivity index (χ1n) is 6.79. The molecule has 1 aromatic rings. The largest absolute Gasteiger partial charge is 0.396 e. The van der Waals surface area contributed by atoms with E-state index in [1.165, 1.54) is 6.07 Å². The molecule has 1 rings (SSSR count). The molecule has 0 aliphatic heterocycles. The summed E-state index contributed by atoms with van der Waals surface area (Å²) in [4.78, 5) is 0. The molecule has 1 N–H and O–H groups in total. The van der Waals surface area contributed by atoms with Gasteiger partial charge in [-0.25, -0.2) is 4.39 Å². The van der Waals surface area contributed by atoms with Crippen molar-refractivity contribution in [1.82, 2.24) is 0 Å². The van der Waals surface area contributed by atoms with Crippen molar-refractivity contribution in [2.75, 3.05) is 46.8 Å². The van der Waals surface area contributed by atoms with E-state index in [4.69, 9.17) is 14.2 Å². The number of aliphatic hydroxyl groups excluding tert-OH is 1. The fraction of sp³-hybridized carbons (Fsp3) is 0.600. The standard InChI is InChI=1S/C15H23FO4/c1-18-8-9-20-11-10-19-7-6-13(12-17)14-4-2-3-5-15(14)16/h2-5,13,17H,6-12H2,1H3. The Kier molecular flexibility index (Phi) is 9.15. The van der Waals surface area contributed by atoms with Gasteiger partial charge in [-0.15, -0.1) is 0 Å². The summed E-state index contributed by atoms with van der Waals surface area (Å²) in [5.74, 6) is -0.514. The maximum atomic E-state index is 13.6. The van der Waals surface area contributed by atoms with Gasteiger partial charge in [0.25, 0.3) is 0 Å². The number of ether oxygens (including phenoxy) is 3. The van der Waals surface area contributed by atoms with Crippen LogP contribution >= 0.6 is 0 Å². The van der Waals surface area contributed by atoms with Gasteiger partial charge in [-0.05, 0) is 18.1 Å². The zero-order valence-corrected chi connectivity index (χ0v) is 11.9. The average Bonchev–Trinajstić information content (AvgIpc) is 2.47. The van der Waals surface area contributed by atoms with Crippen molar-refractivity contribution in [3.8, 4) is 0 Å². The highest BCUT2D eigenvalue weighted by Crippen LogP contribution is 2.21. The van der Waals surface area contributed by atoms with Crippen molar-refractivity contribution in [3.63, 3.8) is 0 Å². The first-order valence-corrected chi connectivity index (χ1v) is 6.79. The van der Waals surface area contributed by atoms with Gasteiger partial charge in [0.15, 0.2) is 0 Å². The Balaban J connectivity index is 2.18. The van der Waals surface area contributed by atoms with E-state index in [2.05, 4.69) is 0 Å². The Hall–Kier alpha value is -1.01. The summed E-state index contributed by atoms with van der Waals surface area (Å²) in [6, 6.07) is 6.51. The normalized spacial score (nSPS) is 12.6. The third-order valence-corrected chi connectivity index (χ3v) is 2.98. The van der Waals surface area contributed by atoms with Gasteiger partial charge in [0.1, 0.15) is 5.82 Å². The molecular weight excluding hydrogens is 263 g/mol. The lowest BCUT2D eigenvalue weighted by molar-refractivity contribution is 0.0222. The molecule has 4 nitrogen and oxygen atoms in total. The molecule has 5 heteroatoms. The van der Waals surface area contributed by atoms with Crippen LogP contribution in [0.2, 0.25) is 0 Å². The van der Waals surface area contributed by atoms with E-state index in [0.717, 1.165) is 0 Å². The molecule has 0 saturated heterocycles. The minimum absolute atomic E-state index is 0.0887. The zero-order valence-electron chi connectivity index (χ0n) is 11.9. The number of rotatable bonds is 11. The van der Waals surface area contributed by atoms with Crippen LogP contribution in [-0.2, 0) is 14.2 Å². The molecule has 0 saturated carbocycles. The highest BCUT2D eigenvalue weighted by Gasteiger charge is 2.14. The number of aliphatic hydroxyl groups is 1. The van der Waals surface area contributed by atoms with Crippen LogP contribution in [0.1, 0.15) is 17.9 Å². The van der Waals surface area contributed by atoms with E-state index < -0.39 is 0 Å². The van der Waals surface area contributed by atoms with Crippen LogP contribution in [0, 0.1) is 5.82 Å². The van der Waals surface area contributed by atoms with Gasteiger partial charge < -0.3 is 19.3 Å². The molecule has 0 bridgehead atoms. The van der Waals surface area contributed by atoms with Gasteiger partial charge in [0, 0.05) is 19.6 Å². The number of hydrogen-bond acceptors (Lipinski definition) is 4. The first kappa shape index (κ1) is 17.0. The van der Waals surface area contributed by atoms with Crippen LogP contribution < -0.4 is 0 Å². The monoisotopic (exact) mass is 286 g/mol. The summed E-state index contributed by atoms with van der Waals surface area (Å²) in [7, 11) is 1.62. The second-order valence-electron chi connectivity index (χ2n) is 4.41. The van der Waals surface area contributed by atoms with Crippen LogP contribution in [0.3, 0.4) is 0 Å². The lowest BCUT2D eigenvalue weighted by atomic mass is 9.96. The highest BCUT2D eigenvalue weighted by atomic mass is 19.1. The molecule has 0 heterocycles. The number of halogens is 1. The van der Waals surface area contributed by atoms with Gasteiger partial charge in [-0.1, -0.05) is 18.2 Å². The predicted octanol–water partition coefficient (Wildman–Crippen LogP) is 1.97. The van der Waals surface area contributed by atoms with E-state index in [1.807, 2.05) is 0 Å². The molecular formula is C15H23FO4. The highest BCUT2D eigenvalue weighted by molar-refractivity contribution is 5.21. The second kappa shape index (κ2) is 10.7. The van der Waals surface area contributed by atoms with Gasteiger partial charge >= 0.3 is 0 Å². The third-order valence-electron chi connectivity index (χ3n) is 2.98. The Morgan fingerprint density at radius 1 is 1.05 bits per heavy atom. The van der Waals surface area contributed by atoms with Crippen molar-refractivity contribution in [2.24, 2.45) is 0 Å². The summed E-state index contributed by atoms with van der Waals surface area (Å²) < 4.78 is 29.1. The van der Waals surface area contributed by atoms with Crippen molar-refractivity contribution >= 4 is 0 Å². The van der Waals surface area contributed by atoms with Gasteiger partial charge in [0.2, 0.25) is 0 Å². The van der Waals surface area contributed by atoms with Gasteiger partial charge in [-0.3, -0.25) is 0 Å². The summed E-state index contributed by atoms with van der Waals surface area (Å²) in [6.07, 6.45) is 0.579. The summed E-state index contributed by atoms with van der Waals surface area (Å²) >= 11 is 0. The summed E-state index contributed by atoms with van der Waals surface area (Å²) in [6.45, 7) is 2.49. The fourth-order valence-electron chi connectivity index (χ4n) is 1.84. The third kappa shape index (κ3) is 6.43. The van der Waals surface area contributed by atoms with Crippen LogP contribution in [0.5, 0.6) is 0 Å². The molecule has 0 aliphatic carbocycles. The molecule has 0 radical (unpaired) electrons. The molecule has 0 spiro atoms. The number of hydrogen-bond donors (Lipinski definition) is 1. The van der Waals surface area contributed by atoms with E-state index in [1.54, 1.807) is 25.3 Å². The van der Waals surface area contributed by atoms with Gasteiger partial charge in [0.05, 0.1) is 33.0 Å². The molecule has 1 aromatic carbocycles. The fourth-order valence-corrected chi connectivity index (χ4v) is 1.84. The lowest BCUT2D eigenvalue weighted by Crippen LogP contribution is -2.12. The molecule has 0 aliphatic rings. The quantitative estimate of drug-likeness (QED) is 0.632. The lowest BCUT2D eigenvalue weighted by Gasteiger charge is -2.15. The van der Waals surface area contributed by atoms with Crippen molar-refractivity contribution in [1.29, 1.82) is 0 Å². The van der Waals surface area contributed by atoms with Crippen molar-refractivity contribution < 1.29 is 23.7 Å². The zero-order chi connectivity index (χ0) is 14.6. The van der Waals surface area contributed by atoms with Crippen LogP contribution in [-0.4, -0.2) is 51.9 Å². The molecule has 1 unspecified atom stereocenters. The smallest absolute Gasteiger partial charge is 0.126 e. The minimum Gasteiger partial charge on any atom is -0.396 e. The molecule has 20 heavy (non-hydrogen) atoms. The summed E-state index contributed by atoms with van der Waals surface area (Å²) in [5.41, 5.74) is 0.537. The maximum absolute atomic E-state index is 13.6. The van der Waals surface area contributed by atoms with E-state index in [9.17, 15) is 9.50 Å². The number of methoxy groups -OCH3 is 1. The second-order valence-corrected chi connectivity index (χ2v) is 4.41. The van der Waals surface area contributed by atoms with E-state index >= 15 is 0 Å². The molecule has 114 valence electrons. The van der Waals surface area contributed by atoms with E-state index in [0.29, 0.717) is 45.0 Å². The number of benzene rings is 1. The Morgan fingerprint density at radius 2 is 1.70 bits per heavy atom. The molecule has 0 aromatic heterocycles. The Morgan fingerprint density at radius 3 is 2.35 bits per heavy atom. The maximum Gasteiger partial charge on any atom is 0.126 e.